The van der Waals surface area contributed by atoms with Gasteiger partial charge in [0.1, 0.15) is 13.2 Å². The number of aryl methyl sites for hydroxylation is 1. The fourth-order valence-corrected chi connectivity index (χ4v) is 2.35. The van der Waals surface area contributed by atoms with Gasteiger partial charge in [-0.1, -0.05) is 0 Å². The van der Waals surface area contributed by atoms with Crippen molar-refractivity contribution in [3.8, 4) is 11.5 Å². The average molecular weight is 301 g/mol. The SMILES string of the molecule is Cc1c(CCC(=O)O)cc2c(c1Br)OCCO2. The Bertz CT molecular complexity index is 456. The van der Waals surface area contributed by atoms with Crippen LogP contribution < -0.4 is 9.47 Å². The molecule has 0 unspecified atom stereocenters. The maximum absolute atomic E-state index is 10.6. The molecule has 0 spiro atoms. The highest BCUT2D eigenvalue weighted by Gasteiger charge is 2.19. The van der Waals surface area contributed by atoms with Gasteiger partial charge in [-0.3, -0.25) is 4.79 Å². The van der Waals surface area contributed by atoms with Gasteiger partial charge in [-0.25, -0.2) is 0 Å². The van der Waals surface area contributed by atoms with Crippen molar-refractivity contribution in [3.05, 3.63) is 21.7 Å². The van der Waals surface area contributed by atoms with Gasteiger partial charge >= 0.3 is 5.97 Å². The summed E-state index contributed by atoms with van der Waals surface area (Å²) in [6, 6.07) is 1.87. The van der Waals surface area contributed by atoms with Crippen LogP contribution in [0, 0.1) is 6.92 Å². The lowest BCUT2D eigenvalue weighted by Gasteiger charge is -2.22. The Morgan fingerprint density at radius 3 is 2.88 bits per heavy atom. The van der Waals surface area contributed by atoms with Crippen LogP contribution in [-0.4, -0.2) is 24.3 Å². The Kier molecular flexibility index (Phi) is 3.57. The lowest BCUT2D eigenvalue weighted by atomic mass is 10.0. The second-order valence-electron chi connectivity index (χ2n) is 3.89. The summed E-state index contributed by atoms with van der Waals surface area (Å²) in [5, 5.41) is 8.71. The molecule has 0 atom stereocenters. The lowest BCUT2D eigenvalue weighted by molar-refractivity contribution is -0.136. The quantitative estimate of drug-likeness (QED) is 0.932. The minimum absolute atomic E-state index is 0.118. The van der Waals surface area contributed by atoms with Crippen molar-refractivity contribution in [1.29, 1.82) is 0 Å². The van der Waals surface area contributed by atoms with E-state index in [-0.39, 0.29) is 6.42 Å². The van der Waals surface area contributed by atoms with E-state index in [1.807, 2.05) is 13.0 Å². The molecule has 1 aliphatic heterocycles. The summed E-state index contributed by atoms with van der Waals surface area (Å²) in [6.07, 6.45) is 0.614. The molecule has 0 aromatic heterocycles. The summed E-state index contributed by atoms with van der Waals surface area (Å²) < 4.78 is 11.9. The first-order valence-corrected chi connectivity index (χ1v) is 6.18. The summed E-state index contributed by atoms with van der Waals surface area (Å²) in [5.41, 5.74) is 1.99. The van der Waals surface area contributed by atoms with Gasteiger partial charge in [0.2, 0.25) is 0 Å². The minimum atomic E-state index is -0.796. The summed E-state index contributed by atoms with van der Waals surface area (Å²) in [5.74, 6) is 0.609. The topological polar surface area (TPSA) is 55.8 Å². The van der Waals surface area contributed by atoms with E-state index in [1.54, 1.807) is 0 Å². The van der Waals surface area contributed by atoms with Crippen LogP contribution in [0.3, 0.4) is 0 Å². The van der Waals surface area contributed by atoms with Crippen LogP contribution in [0.1, 0.15) is 17.5 Å². The van der Waals surface area contributed by atoms with Gasteiger partial charge in [-0.05, 0) is 46.5 Å². The van der Waals surface area contributed by atoms with Crippen LogP contribution in [0.4, 0.5) is 0 Å². The highest BCUT2D eigenvalue weighted by Crippen LogP contribution is 2.41. The molecule has 1 heterocycles. The van der Waals surface area contributed by atoms with Gasteiger partial charge in [-0.2, -0.15) is 0 Å². The predicted octanol–water partition coefficient (Wildman–Crippen LogP) is 2.55. The molecule has 92 valence electrons. The molecule has 4 nitrogen and oxygen atoms in total. The van der Waals surface area contributed by atoms with Gasteiger partial charge in [0.05, 0.1) is 4.47 Å². The molecule has 5 heteroatoms. The molecule has 17 heavy (non-hydrogen) atoms. The van der Waals surface area contributed by atoms with E-state index in [0.717, 1.165) is 15.6 Å². The number of fused-ring (bicyclic) bond motifs is 1. The first-order chi connectivity index (χ1) is 8.09. The maximum Gasteiger partial charge on any atom is 0.303 e. The number of benzene rings is 1. The van der Waals surface area contributed by atoms with Gasteiger partial charge in [0, 0.05) is 6.42 Å². The van der Waals surface area contributed by atoms with Crippen LogP contribution in [0.5, 0.6) is 11.5 Å². The van der Waals surface area contributed by atoms with E-state index in [0.29, 0.717) is 31.1 Å². The van der Waals surface area contributed by atoms with Gasteiger partial charge < -0.3 is 14.6 Å². The van der Waals surface area contributed by atoms with Crippen molar-refractivity contribution < 1.29 is 19.4 Å². The number of hydrogen-bond acceptors (Lipinski definition) is 3. The average Bonchev–Trinajstić information content (AvgIpc) is 2.32. The smallest absolute Gasteiger partial charge is 0.303 e. The third-order valence-electron chi connectivity index (χ3n) is 2.73. The van der Waals surface area contributed by atoms with Crippen LogP contribution in [0.15, 0.2) is 10.5 Å². The standard InChI is InChI=1S/C12H13BrO4/c1-7-8(2-3-10(14)15)6-9-12(11(7)13)17-5-4-16-9/h6H,2-5H2,1H3,(H,14,15). The molecule has 0 amide bonds. The molecule has 0 fully saturated rings. The van der Waals surface area contributed by atoms with Gasteiger partial charge in [0.25, 0.3) is 0 Å². The maximum atomic E-state index is 10.6. The number of halogens is 1. The largest absolute Gasteiger partial charge is 0.486 e. The summed E-state index contributed by atoms with van der Waals surface area (Å²) >= 11 is 3.47. The van der Waals surface area contributed by atoms with E-state index in [9.17, 15) is 4.79 Å². The predicted molar refractivity (Wildman–Crippen MR) is 65.8 cm³/mol. The Balaban J connectivity index is 2.33. The number of carbonyl (C=O) groups is 1. The van der Waals surface area contributed by atoms with E-state index in [4.69, 9.17) is 14.6 Å². The molecule has 1 aromatic rings. The van der Waals surface area contributed by atoms with Crippen LogP contribution in [-0.2, 0) is 11.2 Å². The molecule has 0 saturated heterocycles. The molecule has 2 rings (SSSR count). The molecule has 1 N–H and O–H groups in total. The molecule has 0 aliphatic carbocycles. The van der Waals surface area contributed by atoms with E-state index < -0.39 is 5.97 Å². The summed E-state index contributed by atoms with van der Waals surface area (Å²) in [4.78, 5) is 10.6. The van der Waals surface area contributed by atoms with Crippen molar-refractivity contribution in [2.24, 2.45) is 0 Å². The number of carboxylic acid groups (broad SMARTS) is 1. The number of carboxylic acids is 1. The molecular formula is C12H13BrO4. The van der Waals surface area contributed by atoms with Crippen molar-refractivity contribution in [3.63, 3.8) is 0 Å². The monoisotopic (exact) mass is 300 g/mol. The van der Waals surface area contributed by atoms with E-state index in [2.05, 4.69) is 15.9 Å². The Labute approximate surface area is 108 Å². The van der Waals surface area contributed by atoms with Crippen LogP contribution in [0.25, 0.3) is 0 Å². The van der Waals surface area contributed by atoms with Crippen molar-refractivity contribution in [2.75, 3.05) is 13.2 Å². The molecular weight excluding hydrogens is 288 g/mol. The zero-order chi connectivity index (χ0) is 12.4. The second-order valence-corrected chi connectivity index (χ2v) is 4.69. The minimum Gasteiger partial charge on any atom is -0.486 e. The van der Waals surface area contributed by atoms with Gasteiger partial charge in [-0.15, -0.1) is 0 Å². The van der Waals surface area contributed by atoms with E-state index in [1.165, 1.54) is 0 Å². The summed E-state index contributed by atoms with van der Waals surface area (Å²) in [6.45, 7) is 3.01. The lowest BCUT2D eigenvalue weighted by Crippen LogP contribution is -2.16. The fourth-order valence-electron chi connectivity index (χ4n) is 1.79. The van der Waals surface area contributed by atoms with Crippen LogP contribution >= 0.6 is 15.9 Å². The second kappa shape index (κ2) is 4.96. The molecule has 0 saturated carbocycles. The normalized spacial score (nSPS) is 13.5. The Morgan fingerprint density at radius 2 is 2.18 bits per heavy atom. The van der Waals surface area contributed by atoms with Gasteiger partial charge in [0.15, 0.2) is 11.5 Å². The molecule has 0 radical (unpaired) electrons. The summed E-state index contributed by atoms with van der Waals surface area (Å²) in [7, 11) is 0. The van der Waals surface area contributed by atoms with Crippen LogP contribution in [0.2, 0.25) is 0 Å². The zero-order valence-electron chi connectivity index (χ0n) is 9.46. The highest BCUT2D eigenvalue weighted by molar-refractivity contribution is 9.10. The van der Waals surface area contributed by atoms with E-state index >= 15 is 0 Å². The molecule has 0 bridgehead atoms. The Morgan fingerprint density at radius 1 is 1.47 bits per heavy atom. The zero-order valence-corrected chi connectivity index (χ0v) is 11.0. The first-order valence-electron chi connectivity index (χ1n) is 5.39. The Hall–Kier alpha value is -1.23. The third kappa shape index (κ3) is 2.54. The van der Waals surface area contributed by atoms with Crippen molar-refractivity contribution >= 4 is 21.9 Å². The van der Waals surface area contributed by atoms with Crippen molar-refractivity contribution in [1.82, 2.24) is 0 Å². The number of aliphatic carboxylic acids is 1. The molecule has 1 aliphatic rings. The highest BCUT2D eigenvalue weighted by atomic mass is 79.9. The number of hydrogen-bond donors (Lipinski definition) is 1. The van der Waals surface area contributed by atoms with Crippen molar-refractivity contribution in [2.45, 2.75) is 19.8 Å². The first kappa shape index (κ1) is 12.2. The number of rotatable bonds is 3. The number of ether oxygens (including phenoxy) is 2. The third-order valence-corrected chi connectivity index (χ3v) is 3.69. The fraction of sp³-hybridized carbons (Fsp3) is 0.417. The molecule has 1 aromatic carbocycles.